The minimum absolute atomic E-state index is 0.222. The van der Waals surface area contributed by atoms with Crippen LogP contribution in [0.1, 0.15) is 35.9 Å². The fourth-order valence-corrected chi connectivity index (χ4v) is 4.33. The molecule has 0 saturated carbocycles. The fourth-order valence-electron chi connectivity index (χ4n) is 3.30. The predicted molar refractivity (Wildman–Crippen MR) is 122 cm³/mol. The summed E-state index contributed by atoms with van der Waals surface area (Å²) in [6, 6.07) is 9.97. The molecule has 7 nitrogen and oxygen atoms in total. The van der Waals surface area contributed by atoms with E-state index in [0.29, 0.717) is 27.6 Å². The molecule has 178 valence electrons. The number of ether oxygens (including phenoxy) is 1. The van der Waals surface area contributed by atoms with Gasteiger partial charge in [0.15, 0.2) is 5.82 Å². The molecule has 0 saturated heterocycles. The van der Waals surface area contributed by atoms with Gasteiger partial charge in [-0.2, -0.15) is 13.2 Å². The maximum atomic E-state index is 12.9. The highest BCUT2D eigenvalue weighted by Gasteiger charge is 2.30. The Bertz CT molecular complexity index is 1330. The molecule has 0 atom stereocenters. The van der Waals surface area contributed by atoms with Crippen molar-refractivity contribution in [2.75, 3.05) is 5.73 Å². The minimum atomic E-state index is -4.38. The Morgan fingerprint density at radius 3 is 2.56 bits per heavy atom. The zero-order valence-electron chi connectivity index (χ0n) is 18.1. The second kappa shape index (κ2) is 9.72. The molecule has 2 heterocycles. The van der Waals surface area contributed by atoms with Crippen LogP contribution in [-0.4, -0.2) is 15.1 Å². The maximum Gasteiger partial charge on any atom is 0.439 e. The Morgan fingerprint density at radius 1 is 1.18 bits per heavy atom. The number of aromatic amines is 1. The van der Waals surface area contributed by atoms with Gasteiger partial charge in [0.1, 0.15) is 17.4 Å². The lowest BCUT2D eigenvalue weighted by Gasteiger charge is -2.08. The number of hydrogen-bond acceptors (Lipinski definition) is 7. The average molecular weight is 491 g/mol. The summed E-state index contributed by atoms with van der Waals surface area (Å²) >= 11 is 1.39. The molecular formula is C23H21F3N4O3S. The van der Waals surface area contributed by atoms with E-state index in [1.54, 1.807) is 18.2 Å². The first kappa shape index (κ1) is 23.6. The van der Waals surface area contributed by atoms with Gasteiger partial charge in [-0.25, -0.2) is 9.78 Å². The minimum Gasteiger partial charge on any atom is -0.488 e. The van der Waals surface area contributed by atoms with E-state index < -0.39 is 17.5 Å². The van der Waals surface area contributed by atoms with E-state index >= 15 is 0 Å². The van der Waals surface area contributed by atoms with Crippen LogP contribution in [0, 0.1) is 0 Å². The molecule has 2 aromatic carbocycles. The molecule has 0 amide bonds. The van der Waals surface area contributed by atoms with E-state index in [4.69, 9.17) is 10.5 Å². The molecular weight excluding hydrogens is 469 g/mol. The van der Waals surface area contributed by atoms with E-state index in [1.165, 1.54) is 23.5 Å². The van der Waals surface area contributed by atoms with Gasteiger partial charge in [-0.3, -0.25) is 9.51 Å². The molecule has 4 aromatic rings. The number of benzene rings is 2. The number of alkyl halides is 3. The number of anilines is 1. The summed E-state index contributed by atoms with van der Waals surface area (Å²) in [5, 5.41) is 4.27. The van der Waals surface area contributed by atoms with E-state index in [9.17, 15) is 18.0 Å². The monoisotopic (exact) mass is 490 g/mol. The van der Waals surface area contributed by atoms with E-state index in [0.717, 1.165) is 42.0 Å². The summed E-state index contributed by atoms with van der Waals surface area (Å²) in [5.41, 5.74) is 7.72. The Kier molecular flexibility index (Phi) is 6.73. The molecule has 0 aliphatic carbocycles. The highest BCUT2D eigenvalue weighted by atomic mass is 32.1. The van der Waals surface area contributed by atoms with Gasteiger partial charge in [-0.15, -0.1) is 11.3 Å². The molecule has 4 rings (SSSR count). The van der Waals surface area contributed by atoms with Crippen molar-refractivity contribution in [3.63, 3.8) is 0 Å². The van der Waals surface area contributed by atoms with Crippen LogP contribution in [-0.2, 0) is 19.2 Å². The van der Waals surface area contributed by atoms with Gasteiger partial charge in [-0.1, -0.05) is 30.6 Å². The lowest BCUT2D eigenvalue weighted by Crippen LogP contribution is -2.03. The first-order valence-electron chi connectivity index (χ1n) is 10.5. The van der Waals surface area contributed by atoms with E-state index in [-0.39, 0.29) is 12.4 Å². The molecule has 0 aliphatic heterocycles. The standard InChI is InChI=1S/C23H21F3N4O3S/c1-2-3-4-18-19(34-21(28-18)13-5-7-14(8-6-13)23(24,25)26)12-32-15-9-10-16(17(27)11-15)20-29-22(31)33-30-20/h5-11H,2-4,12,27H2,1H3,(H,29,30,31). The zero-order valence-corrected chi connectivity index (χ0v) is 18.9. The summed E-state index contributed by atoms with van der Waals surface area (Å²) in [6.07, 6.45) is -1.73. The van der Waals surface area contributed by atoms with Crippen LogP contribution in [0.5, 0.6) is 5.75 Å². The number of nitrogens with two attached hydrogens (primary N) is 1. The van der Waals surface area contributed by atoms with Crippen molar-refractivity contribution in [1.29, 1.82) is 0 Å². The van der Waals surface area contributed by atoms with Crippen LogP contribution in [0.3, 0.4) is 0 Å². The second-order valence-corrected chi connectivity index (χ2v) is 8.63. The number of thiazole rings is 1. The van der Waals surface area contributed by atoms with Crippen molar-refractivity contribution < 1.29 is 22.4 Å². The number of H-pyrrole nitrogens is 1. The number of aromatic nitrogens is 3. The predicted octanol–water partition coefficient (Wildman–Crippen LogP) is 5.68. The number of nitrogen functional groups attached to an aromatic ring is 1. The van der Waals surface area contributed by atoms with E-state index in [2.05, 4.69) is 26.6 Å². The topological polar surface area (TPSA) is 107 Å². The maximum absolute atomic E-state index is 12.9. The van der Waals surface area contributed by atoms with Crippen molar-refractivity contribution in [2.24, 2.45) is 0 Å². The van der Waals surface area contributed by atoms with Crippen LogP contribution in [0.2, 0.25) is 0 Å². The van der Waals surface area contributed by atoms with Crippen LogP contribution in [0.25, 0.3) is 22.0 Å². The average Bonchev–Trinajstić information content (AvgIpc) is 3.42. The molecule has 2 aromatic heterocycles. The van der Waals surface area contributed by atoms with Crippen LogP contribution in [0.4, 0.5) is 18.9 Å². The first-order valence-corrected chi connectivity index (χ1v) is 11.3. The lowest BCUT2D eigenvalue weighted by atomic mass is 10.1. The molecule has 0 fully saturated rings. The molecule has 34 heavy (non-hydrogen) atoms. The third-order valence-corrected chi connectivity index (χ3v) is 6.21. The highest BCUT2D eigenvalue weighted by Crippen LogP contribution is 2.34. The lowest BCUT2D eigenvalue weighted by molar-refractivity contribution is -0.137. The number of nitrogens with zero attached hydrogens (tertiary/aromatic N) is 2. The summed E-state index contributed by atoms with van der Waals surface area (Å²) < 4.78 is 49.1. The Hall–Kier alpha value is -3.60. The van der Waals surface area contributed by atoms with Crippen LogP contribution >= 0.6 is 11.3 Å². The number of hydrogen-bond donors (Lipinski definition) is 2. The Balaban J connectivity index is 1.53. The number of unbranched alkanes of at least 4 members (excludes halogenated alkanes) is 1. The number of aryl methyl sites for hydroxylation is 1. The van der Waals surface area contributed by atoms with Crippen molar-refractivity contribution in [3.05, 3.63) is 69.1 Å². The Morgan fingerprint density at radius 2 is 1.94 bits per heavy atom. The third-order valence-electron chi connectivity index (χ3n) is 5.09. The number of rotatable bonds is 8. The van der Waals surface area contributed by atoms with Crippen molar-refractivity contribution in [1.82, 2.24) is 15.1 Å². The zero-order chi connectivity index (χ0) is 24.3. The fraction of sp³-hybridized carbons (Fsp3) is 0.261. The van der Waals surface area contributed by atoms with Crippen LogP contribution in [0.15, 0.2) is 51.8 Å². The summed E-state index contributed by atoms with van der Waals surface area (Å²) in [4.78, 5) is 19.2. The van der Waals surface area contributed by atoms with Crippen molar-refractivity contribution >= 4 is 17.0 Å². The summed E-state index contributed by atoms with van der Waals surface area (Å²) in [7, 11) is 0. The number of nitrogens with one attached hydrogen (secondary N) is 1. The molecule has 0 bridgehead atoms. The van der Waals surface area contributed by atoms with Gasteiger partial charge >= 0.3 is 11.9 Å². The van der Waals surface area contributed by atoms with Gasteiger partial charge in [0.25, 0.3) is 0 Å². The molecule has 0 radical (unpaired) electrons. The van der Waals surface area contributed by atoms with Gasteiger partial charge in [0.2, 0.25) is 0 Å². The quantitative estimate of drug-likeness (QED) is 0.308. The third kappa shape index (κ3) is 5.30. The van der Waals surface area contributed by atoms with Gasteiger partial charge in [0, 0.05) is 22.9 Å². The Labute approximate surface area is 196 Å². The van der Waals surface area contributed by atoms with Gasteiger partial charge in [0.05, 0.1) is 16.1 Å². The second-order valence-electron chi connectivity index (χ2n) is 7.55. The van der Waals surface area contributed by atoms with Crippen molar-refractivity contribution in [2.45, 2.75) is 39.0 Å². The summed E-state index contributed by atoms with van der Waals surface area (Å²) in [5.74, 6) is 0.0564. The van der Waals surface area contributed by atoms with Crippen LogP contribution < -0.4 is 16.2 Å². The molecule has 0 unspecified atom stereocenters. The highest BCUT2D eigenvalue weighted by molar-refractivity contribution is 7.15. The smallest absolute Gasteiger partial charge is 0.439 e. The largest absolute Gasteiger partial charge is 0.488 e. The molecule has 11 heteroatoms. The normalized spacial score (nSPS) is 11.6. The van der Waals surface area contributed by atoms with Crippen molar-refractivity contribution in [3.8, 4) is 27.7 Å². The first-order chi connectivity index (χ1) is 16.2. The van der Waals surface area contributed by atoms with Gasteiger partial charge in [-0.05, 0) is 37.1 Å². The van der Waals surface area contributed by atoms with E-state index in [1.807, 2.05) is 0 Å². The van der Waals surface area contributed by atoms with Gasteiger partial charge < -0.3 is 10.5 Å². The molecule has 3 N–H and O–H groups in total. The number of halogens is 3. The molecule has 0 spiro atoms. The SMILES string of the molecule is CCCCc1nc(-c2ccc(C(F)(F)F)cc2)sc1COc1ccc(-c2noc(=O)[nH]2)c(N)c1. The molecule has 0 aliphatic rings. The summed E-state index contributed by atoms with van der Waals surface area (Å²) in [6.45, 7) is 2.31.